The first-order chi connectivity index (χ1) is 13.5. The number of rotatable bonds is 4. The van der Waals surface area contributed by atoms with Crippen LogP contribution in [-0.4, -0.2) is 23.2 Å². The third-order valence-electron chi connectivity index (χ3n) is 4.37. The fourth-order valence-electron chi connectivity index (χ4n) is 3.20. The summed E-state index contributed by atoms with van der Waals surface area (Å²) < 4.78 is 34.0. The number of hydrogen-bond acceptors (Lipinski definition) is 4. The molecule has 3 aromatic carbocycles. The molecule has 1 atom stereocenters. The van der Waals surface area contributed by atoms with Crippen molar-refractivity contribution < 1.29 is 23.2 Å². The molecule has 29 heavy (non-hydrogen) atoms. The van der Waals surface area contributed by atoms with Crippen LogP contribution in [0.4, 0.5) is 0 Å². The van der Waals surface area contributed by atoms with E-state index in [0.29, 0.717) is 0 Å². The molecule has 5 nitrogen and oxygen atoms in total. The standard InChI is InChI=1S/C19H12Cl4O5S/c20-11-3-1-2-10(6-11)19(29(26,27)28,13-5-4-12(21)7-15(13)22)14-8-16(23)18(25)9-17(14)24/h1-9,24-25H,(H,26,27,28). The lowest BCUT2D eigenvalue weighted by Gasteiger charge is -2.34. The molecule has 0 aliphatic heterocycles. The lowest BCUT2D eigenvalue weighted by Crippen LogP contribution is -2.38. The van der Waals surface area contributed by atoms with E-state index in [2.05, 4.69) is 0 Å². The van der Waals surface area contributed by atoms with Crippen LogP contribution in [0.1, 0.15) is 16.7 Å². The van der Waals surface area contributed by atoms with Crippen molar-refractivity contribution in [1.82, 2.24) is 0 Å². The van der Waals surface area contributed by atoms with Crippen LogP contribution in [0.15, 0.2) is 54.6 Å². The molecule has 0 aliphatic rings. The molecule has 0 radical (unpaired) electrons. The molecule has 0 heterocycles. The van der Waals surface area contributed by atoms with E-state index in [0.717, 1.165) is 12.1 Å². The van der Waals surface area contributed by atoms with E-state index < -0.39 is 26.4 Å². The Bertz CT molecular complexity index is 1210. The van der Waals surface area contributed by atoms with Crippen LogP contribution in [0.2, 0.25) is 20.1 Å². The summed E-state index contributed by atoms with van der Waals surface area (Å²) in [5, 5.41) is 20.4. The number of halogens is 4. The minimum Gasteiger partial charge on any atom is -0.507 e. The first-order valence-electron chi connectivity index (χ1n) is 7.89. The smallest absolute Gasteiger partial charge is 0.283 e. The molecule has 0 spiro atoms. The maximum Gasteiger partial charge on any atom is 0.283 e. The molecule has 0 saturated carbocycles. The lowest BCUT2D eigenvalue weighted by atomic mass is 9.83. The number of hydrogen-bond donors (Lipinski definition) is 3. The normalized spacial score (nSPS) is 13.8. The van der Waals surface area contributed by atoms with Gasteiger partial charge in [0.25, 0.3) is 10.1 Å². The zero-order chi connectivity index (χ0) is 21.6. The van der Waals surface area contributed by atoms with Gasteiger partial charge in [0.05, 0.1) is 5.02 Å². The van der Waals surface area contributed by atoms with Crippen molar-refractivity contribution in [2.24, 2.45) is 0 Å². The van der Waals surface area contributed by atoms with Crippen LogP contribution in [0.25, 0.3) is 0 Å². The Kier molecular flexibility index (Phi) is 5.98. The minimum atomic E-state index is -5.08. The first-order valence-corrected chi connectivity index (χ1v) is 10.8. The summed E-state index contributed by atoms with van der Waals surface area (Å²) in [7, 11) is -5.08. The van der Waals surface area contributed by atoms with Gasteiger partial charge in [-0.2, -0.15) is 8.42 Å². The largest absolute Gasteiger partial charge is 0.507 e. The Morgan fingerprint density at radius 2 is 1.38 bits per heavy atom. The summed E-state index contributed by atoms with van der Waals surface area (Å²) in [5.74, 6) is -1.12. The summed E-state index contributed by atoms with van der Waals surface area (Å²) in [5.41, 5.74) is -0.464. The Hall–Kier alpha value is -1.67. The highest BCUT2D eigenvalue weighted by molar-refractivity contribution is 7.87. The Labute approximate surface area is 186 Å². The van der Waals surface area contributed by atoms with Gasteiger partial charge in [-0.15, -0.1) is 0 Å². The predicted octanol–water partition coefficient (Wildman–Crippen LogP) is 5.89. The molecule has 0 bridgehead atoms. The fraction of sp³-hybridized carbons (Fsp3) is 0.0526. The first kappa shape index (κ1) is 22.0. The van der Waals surface area contributed by atoms with Gasteiger partial charge >= 0.3 is 0 Å². The molecule has 3 aromatic rings. The zero-order valence-corrected chi connectivity index (χ0v) is 18.1. The van der Waals surface area contributed by atoms with Crippen LogP contribution in [-0.2, 0) is 14.9 Å². The van der Waals surface area contributed by atoms with Crippen molar-refractivity contribution in [1.29, 1.82) is 0 Å². The van der Waals surface area contributed by atoms with Gasteiger partial charge < -0.3 is 10.2 Å². The quantitative estimate of drug-likeness (QED) is 0.311. The van der Waals surface area contributed by atoms with Gasteiger partial charge in [-0.05, 0) is 35.9 Å². The number of phenols is 2. The van der Waals surface area contributed by atoms with E-state index >= 15 is 0 Å². The van der Waals surface area contributed by atoms with Crippen LogP contribution < -0.4 is 0 Å². The molecule has 0 aromatic heterocycles. The maximum atomic E-state index is 13.0. The highest BCUT2D eigenvalue weighted by Crippen LogP contribution is 2.51. The predicted molar refractivity (Wildman–Crippen MR) is 114 cm³/mol. The second-order valence-corrected chi connectivity index (χ2v) is 9.36. The van der Waals surface area contributed by atoms with Crippen LogP contribution >= 0.6 is 46.4 Å². The van der Waals surface area contributed by atoms with Gasteiger partial charge in [-0.25, -0.2) is 0 Å². The molecule has 10 heteroatoms. The number of benzene rings is 3. The van der Waals surface area contributed by atoms with E-state index in [4.69, 9.17) is 46.4 Å². The highest BCUT2D eigenvalue weighted by atomic mass is 35.5. The average molecular weight is 494 g/mol. The van der Waals surface area contributed by atoms with Crippen molar-refractivity contribution in [3.63, 3.8) is 0 Å². The van der Waals surface area contributed by atoms with Crippen molar-refractivity contribution in [2.45, 2.75) is 4.75 Å². The van der Waals surface area contributed by atoms with Gasteiger partial charge in [0, 0.05) is 32.3 Å². The van der Waals surface area contributed by atoms with Crippen LogP contribution in [0.3, 0.4) is 0 Å². The molecule has 0 amide bonds. The summed E-state index contributed by atoms with van der Waals surface area (Å²) in [6.07, 6.45) is 0. The Morgan fingerprint density at radius 3 is 1.97 bits per heavy atom. The van der Waals surface area contributed by atoms with Crippen LogP contribution in [0.5, 0.6) is 11.5 Å². The highest BCUT2D eigenvalue weighted by Gasteiger charge is 2.51. The molecular weight excluding hydrogens is 482 g/mol. The van der Waals surface area contributed by atoms with E-state index in [-0.39, 0.29) is 36.8 Å². The second kappa shape index (κ2) is 7.87. The Morgan fingerprint density at radius 1 is 0.724 bits per heavy atom. The summed E-state index contributed by atoms with van der Waals surface area (Å²) in [6.45, 7) is 0. The van der Waals surface area contributed by atoms with E-state index in [1.165, 1.54) is 42.5 Å². The number of aromatic hydroxyl groups is 2. The molecular formula is C19H12Cl4O5S. The molecule has 152 valence electrons. The minimum absolute atomic E-state index is 0.0196. The topological polar surface area (TPSA) is 94.8 Å². The van der Waals surface area contributed by atoms with Gasteiger partial charge in [0.2, 0.25) is 0 Å². The monoisotopic (exact) mass is 492 g/mol. The van der Waals surface area contributed by atoms with Crippen molar-refractivity contribution in [3.05, 3.63) is 91.4 Å². The molecule has 3 N–H and O–H groups in total. The van der Waals surface area contributed by atoms with Crippen LogP contribution in [0, 0.1) is 0 Å². The van der Waals surface area contributed by atoms with Crippen molar-refractivity contribution >= 4 is 56.5 Å². The Balaban J connectivity index is 2.61. The molecule has 3 rings (SSSR count). The molecule has 0 saturated heterocycles. The zero-order valence-electron chi connectivity index (χ0n) is 14.3. The third-order valence-corrected chi connectivity index (χ3v) is 6.91. The lowest BCUT2D eigenvalue weighted by molar-refractivity contribution is 0.431. The van der Waals surface area contributed by atoms with Gasteiger partial charge in [-0.1, -0.05) is 64.6 Å². The maximum absolute atomic E-state index is 13.0. The SMILES string of the molecule is O=S(=O)(O)C(c1cccc(Cl)c1)(c1cc(Cl)c(O)cc1O)c1ccc(Cl)cc1Cl. The van der Waals surface area contributed by atoms with E-state index in [1.807, 2.05) is 0 Å². The third kappa shape index (κ3) is 3.77. The van der Waals surface area contributed by atoms with Gasteiger partial charge in [-0.3, -0.25) is 4.55 Å². The average Bonchev–Trinajstić information content (AvgIpc) is 2.60. The molecule has 0 aliphatic carbocycles. The number of phenolic OH excluding ortho intramolecular Hbond substituents is 2. The summed E-state index contributed by atoms with van der Waals surface area (Å²) >= 11 is 24.4. The van der Waals surface area contributed by atoms with Gasteiger partial charge in [0.15, 0.2) is 4.75 Å². The summed E-state index contributed by atoms with van der Waals surface area (Å²) in [6, 6.07) is 11.6. The van der Waals surface area contributed by atoms with Crippen molar-refractivity contribution in [3.8, 4) is 11.5 Å². The second-order valence-electron chi connectivity index (χ2n) is 6.11. The summed E-state index contributed by atoms with van der Waals surface area (Å²) in [4.78, 5) is 0. The van der Waals surface area contributed by atoms with E-state index in [1.54, 1.807) is 0 Å². The molecule has 0 fully saturated rings. The van der Waals surface area contributed by atoms with Gasteiger partial charge in [0.1, 0.15) is 11.5 Å². The molecule has 1 unspecified atom stereocenters. The van der Waals surface area contributed by atoms with Crippen molar-refractivity contribution in [2.75, 3.05) is 0 Å². The fourth-order valence-corrected chi connectivity index (χ4v) is 5.48. The van der Waals surface area contributed by atoms with E-state index in [9.17, 15) is 23.2 Å².